The largest absolute Gasteiger partial charge is 0.368 e. The summed E-state index contributed by atoms with van der Waals surface area (Å²) in [6.07, 6.45) is 0.628. The van der Waals surface area contributed by atoms with Crippen molar-refractivity contribution in [3.63, 3.8) is 0 Å². The molecule has 76 valence electrons. The monoisotopic (exact) mass is 257 g/mol. The summed E-state index contributed by atoms with van der Waals surface area (Å²) in [4.78, 5) is 2.09. The molecule has 1 unspecified atom stereocenters. The molecule has 1 heterocycles. The third-order valence-electron chi connectivity index (χ3n) is 2.62. The van der Waals surface area contributed by atoms with Crippen LogP contribution in [-0.4, -0.2) is 18.8 Å². The molecule has 2 rings (SSSR count). The Balaban J connectivity index is 2.14. The minimum Gasteiger partial charge on any atom is -0.368 e. The van der Waals surface area contributed by atoms with Crippen molar-refractivity contribution in [3.8, 4) is 0 Å². The van der Waals surface area contributed by atoms with Crippen molar-refractivity contribution in [2.75, 3.05) is 18.0 Å². The quantitative estimate of drug-likeness (QED) is 0.746. The van der Waals surface area contributed by atoms with Gasteiger partial charge in [0.1, 0.15) is 5.67 Å². The van der Waals surface area contributed by atoms with E-state index in [0.29, 0.717) is 13.0 Å². The summed E-state index contributed by atoms with van der Waals surface area (Å²) in [5, 5.41) is 0. The van der Waals surface area contributed by atoms with Gasteiger partial charge in [-0.1, -0.05) is 15.9 Å². The van der Waals surface area contributed by atoms with E-state index < -0.39 is 5.67 Å². The van der Waals surface area contributed by atoms with Crippen molar-refractivity contribution >= 4 is 21.6 Å². The molecule has 0 saturated carbocycles. The lowest BCUT2D eigenvalue weighted by molar-refractivity contribution is 0.221. The van der Waals surface area contributed by atoms with Crippen LogP contribution in [0.1, 0.15) is 13.3 Å². The molecule has 1 saturated heterocycles. The lowest BCUT2D eigenvalue weighted by Crippen LogP contribution is -2.25. The molecule has 1 nitrogen and oxygen atoms in total. The maximum atomic E-state index is 13.6. The van der Waals surface area contributed by atoms with E-state index in [1.54, 1.807) is 6.92 Å². The maximum Gasteiger partial charge on any atom is 0.127 e. The normalized spacial score (nSPS) is 26.9. The average Bonchev–Trinajstić information content (AvgIpc) is 2.47. The van der Waals surface area contributed by atoms with Gasteiger partial charge in [-0.15, -0.1) is 0 Å². The fourth-order valence-corrected chi connectivity index (χ4v) is 2.06. The van der Waals surface area contributed by atoms with Crippen molar-refractivity contribution in [2.24, 2.45) is 0 Å². The first-order chi connectivity index (χ1) is 6.57. The van der Waals surface area contributed by atoms with E-state index in [0.717, 1.165) is 16.7 Å². The molecule has 0 amide bonds. The SMILES string of the molecule is CC1(F)CCN(c2ccc(Br)cc2)C1. The molecule has 0 radical (unpaired) electrons. The van der Waals surface area contributed by atoms with Crippen LogP contribution in [0.3, 0.4) is 0 Å². The van der Waals surface area contributed by atoms with Crippen LogP contribution in [0.15, 0.2) is 28.7 Å². The van der Waals surface area contributed by atoms with E-state index in [1.807, 2.05) is 24.3 Å². The standard InChI is InChI=1S/C11H13BrFN/c1-11(13)6-7-14(8-11)10-4-2-9(12)3-5-10/h2-5H,6-8H2,1H3. The number of alkyl halides is 1. The van der Waals surface area contributed by atoms with E-state index in [9.17, 15) is 4.39 Å². The van der Waals surface area contributed by atoms with Gasteiger partial charge in [0.15, 0.2) is 0 Å². The highest BCUT2D eigenvalue weighted by molar-refractivity contribution is 9.10. The number of rotatable bonds is 1. The molecule has 3 heteroatoms. The van der Waals surface area contributed by atoms with E-state index in [1.165, 1.54) is 0 Å². The van der Waals surface area contributed by atoms with Crippen molar-refractivity contribution in [3.05, 3.63) is 28.7 Å². The first kappa shape index (κ1) is 9.97. The van der Waals surface area contributed by atoms with E-state index in [4.69, 9.17) is 0 Å². The molecule has 1 aromatic carbocycles. The minimum absolute atomic E-state index is 0.509. The Hall–Kier alpha value is -0.570. The Bertz CT molecular complexity index is 321. The lowest BCUT2D eigenvalue weighted by Gasteiger charge is -2.19. The van der Waals surface area contributed by atoms with Gasteiger partial charge in [-0.2, -0.15) is 0 Å². The molecule has 0 bridgehead atoms. The van der Waals surface area contributed by atoms with E-state index >= 15 is 0 Å². The van der Waals surface area contributed by atoms with Crippen LogP contribution in [0.25, 0.3) is 0 Å². The van der Waals surface area contributed by atoms with Crippen molar-refractivity contribution < 1.29 is 4.39 Å². The second-order valence-electron chi connectivity index (χ2n) is 4.06. The van der Waals surface area contributed by atoms with Gasteiger partial charge < -0.3 is 4.90 Å². The zero-order chi connectivity index (χ0) is 10.2. The average molecular weight is 258 g/mol. The van der Waals surface area contributed by atoms with E-state index in [2.05, 4.69) is 20.8 Å². The topological polar surface area (TPSA) is 3.24 Å². The second kappa shape index (κ2) is 3.54. The van der Waals surface area contributed by atoms with Crippen LogP contribution < -0.4 is 4.90 Å². The van der Waals surface area contributed by atoms with Gasteiger partial charge in [0.05, 0.1) is 6.54 Å². The Morgan fingerprint density at radius 1 is 1.36 bits per heavy atom. The molecule has 0 spiro atoms. The number of nitrogens with zero attached hydrogens (tertiary/aromatic N) is 1. The third-order valence-corrected chi connectivity index (χ3v) is 3.14. The minimum atomic E-state index is -1.02. The van der Waals surface area contributed by atoms with Gasteiger partial charge in [-0.3, -0.25) is 0 Å². The molecule has 1 aliphatic rings. The Labute approximate surface area is 92.0 Å². The fraction of sp³-hybridized carbons (Fsp3) is 0.455. The number of hydrogen-bond acceptors (Lipinski definition) is 1. The highest BCUT2D eigenvalue weighted by Crippen LogP contribution is 2.29. The predicted molar refractivity (Wildman–Crippen MR) is 60.5 cm³/mol. The molecule has 1 aliphatic heterocycles. The highest BCUT2D eigenvalue weighted by Gasteiger charge is 2.33. The molecule has 0 aliphatic carbocycles. The molecule has 1 atom stereocenters. The lowest BCUT2D eigenvalue weighted by atomic mass is 10.1. The van der Waals surface area contributed by atoms with Crippen molar-refractivity contribution in [1.82, 2.24) is 0 Å². The number of anilines is 1. The number of hydrogen-bond donors (Lipinski definition) is 0. The number of benzene rings is 1. The molecule has 14 heavy (non-hydrogen) atoms. The van der Waals surface area contributed by atoms with E-state index in [-0.39, 0.29) is 0 Å². The zero-order valence-electron chi connectivity index (χ0n) is 8.13. The van der Waals surface area contributed by atoms with Gasteiger partial charge in [0.25, 0.3) is 0 Å². The summed E-state index contributed by atoms with van der Waals surface area (Å²) in [6.45, 7) is 3.00. The predicted octanol–water partition coefficient (Wildman–Crippen LogP) is 3.39. The van der Waals surface area contributed by atoms with Crippen molar-refractivity contribution in [2.45, 2.75) is 19.0 Å². The molecule has 0 N–H and O–H groups in total. The summed E-state index contributed by atoms with van der Waals surface area (Å²) in [6, 6.07) is 8.02. The van der Waals surface area contributed by atoms with Gasteiger partial charge in [0, 0.05) is 23.1 Å². The van der Waals surface area contributed by atoms with Gasteiger partial charge >= 0.3 is 0 Å². The highest BCUT2D eigenvalue weighted by atomic mass is 79.9. The molecular weight excluding hydrogens is 245 g/mol. The fourth-order valence-electron chi connectivity index (χ4n) is 1.80. The van der Waals surface area contributed by atoms with Gasteiger partial charge in [-0.25, -0.2) is 4.39 Å². The van der Waals surface area contributed by atoms with Crippen LogP contribution in [0, 0.1) is 0 Å². The summed E-state index contributed by atoms with van der Waals surface area (Å²) in [5.41, 5.74) is 0.0853. The van der Waals surface area contributed by atoms with Gasteiger partial charge in [-0.05, 0) is 31.2 Å². The second-order valence-corrected chi connectivity index (χ2v) is 4.98. The number of halogens is 2. The molecule has 1 fully saturated rings. The van der Waals surface area contributed by atoms with Crippen LogP contribution in [0.4, 0.5) is 10.1 Å². The van der Waals surface area contributed by atoms with Crippen molar-refractivity contribution in [1.29, 1.82) is 0 Å². The summed E-state index contributed by atoms with van der Waals surface area (Å²) in [5.74, 6) is 0. The summed E-state index contributed by atoms with van der Waals surface area (Å²) in [7, 11) is 0. The smallest absolute Gasteiger partial charge is 0.127 e. The summed E-state index contributed by atoms with van der Waals surface area (Å²) < 4.78 is 14.6. The first-order valence-electron chi connectivity index (χ1n) is 4.76. The third kappa shape index (κ3) is 2.08. The Morgan fingerprint density at radius 2 is 2.00 bits per heavy atom. The van der Waals surface area contributed by atoms with Crippen LogP contribution in [0.2, 0.25) is 0 Å². The summed E-state index contributed by atoms with van der Waals surface area (Å²) >= 11 is 3.38. The zero-order valence-corrected chi connectivity index (χ0v) is 9.72. The maximum absolute atomic E-state index is 13.6. The van der Waals surface area contributed by atoms with Crippen LogP contribution >= 0.6 is 15.9 Å². The Morgan fingerprint density at radius 3 is 2.50 bits per heavy atom. The van der Waals surface area contributed by atoms with Crippen LogP contribution in [-0.2, 0) is 0 Å². The van der Waals surface area contributed by atoms with Crippen LogP contribution in [0.5, 0.6) is 0 Å². The molecular formula is C11H13BrFN. The molecule has 1 aromatic rings. The first-order valence-corrected chi connectivity index (χ1v) is 5.56. The molecule has 0 aromatic heterocycles. The Kier molecular flexibility index (Phi) is 2.52. The van der Waals surface area contributed by atoms with Gasteiger partial charge in [0.2, 0.25) is 0 Å².